The molecule has 0 bridgehead atoms. The number of amides is 2. The Bertz CT molecular complexity index is 461. The first-order valence-electron chi connectivity index (χ1n) is 7.89. The summed E-state index contributed by atoms with van der Waals surface area (Å²) < 4.78 is 10.9. The molecule has 0 atom stereocenters. The van der Waals surface area contributed by atoms with Crippen molar-refractivity contribution in [3.8, 4) is 5.75 Å². The van der Waals surface area contributed by atoms with Crippen LogP contribution in [0, 0.1) is 12.8 Å². The number of nitrogens with one attached hydrogen (secondary N) is 2. The zero-order chi connectivity index (χ0) is 16.4. The van der Waals surface area contributed by atoms with E-state index in [0.29, 0.717) is 25.7 Å². The van der Waals surface area contributed by atoms with Gasteiger partial charge in [0.15, 0.2) is 0 Å². The molecule has 0 aliphatic heterocycles. The first kappa shape index (κ1) is 18.3. The molecular weight excluding hydrogens is 280 g/mol. The fourth-order valence-electron chi connectivity index (χ4n) is 1.89. The van der Waals surface area contributed by atoms with E-state index in [-0.39, 0.29) is 6.03 Å². The van der Waals surface area contributed by atoms with Crippen LogP contribution in [-0.4, -0.2) is 32.4 Å². The summed E-state index contributed by atoms with van der Waals surface area (Å²) in [5, 5.41) is 5.67. The van der Waals surface area contributed by atoms with E-state index in [1.165, 1.54) is 0 Å². The van der Waals surface area contributed by atoms with Gasteiger partial charge in [0.2, 0.25) is 0 Å². The van der Waals surface area contributed by atoms with E-state index in [1.54, 1.807) is 0 Å². The zero-order valence-corrected chi connectivity index (χ0v) is 14.1. The largest absolute Gasteiger partial charge is 0.494 e. The molecule has 0 aliphatic carbocycles. The topological polar surface area (TPSA) is 59.6 Å². The number of ether oxygens (including phenoxy) is 2. The van der Waals surface area contributed by atoms with Gasteiger partial charge >= 0.3 is 6.03 Å². The van der Waals surface area contributed by atoms with Crippen LogP contribution in [0.25, 0.3) is 0 Å². The van der Waals surface area contributed by atoms with E-state index >= 15 is 0 Å². The maximum atomic E-state index is 11.8. The van der Waals surface area contributed by atoms with Gasteiger partial charge in [-0.2, -0.15) is 0 Å². The van der Waals surface area contributed by atoms with Crippen molar-refractivity contribution in [3.63, 3.8) is 0 Å². The standard InChI is InChI=1S/C17H28N2O3/c1-5-22-15-7-8-16(14(4)11-15)19-17(20)18-9-6-10-21-12-13(2)3/h7-8,11,13H,5-6,9-10,12H2,1-4H3,(H2,18,19,20). The van der Waals surface area contributed by atoms with Crippen molar-refractivity contribution < 1.29 is 14.3 Å². The van der Waals surface area contributed by atoms with Gasteiger partial charge in [0.25, 0.3) is 0 Å². The molecule has 1 aromatic carbocycles. The average Bonchev–Trinajstić information content (AvgIpc) is 2.45. The maximum Gasteiger partial charge on any atom is 0.319 e. The quantitative estimate of drug-likeness (QED) is 0.686. The summed E-state index contributed by atoms with van der Waals surface area (Å²) in [6.45, 7) is 10.8. The van der Waals surface area contributed by atoms with E-state index in [2.05, 4.69) is 24.5 Å². The monoisotopic (exact) mass is 308 g/mol. The maximum absolute atomic E-state index is 11.8. The number of urea groups is 1. The van der Waals surface area contributed by atoms with Crippen molar-refractivity contribution in [1.82, 2.24) is 5.32 Å². The molecule has 0 aromatic heterocycles. The third-order valence-corrected chi connectivity index (χ3v) is 2.96. The normalized spacial score (nSPS) is 10.6. The molecule has 0 spiro atoms. The van der Waals surface area contributed by atoms with Crippen LogP contribution in [0.15, 0.2) is 18.2 Å². The molecule has 1 rings (SSSR count). The molecule has 2 amide bonds. The first-order valence-corrected chi connectivity index (χ1v) is 7.89. The number of rotatable bonds is 9. The van der Waals surface area contributed by atoms with Gasteiger partial charge in [-0.3, -0.25) is 0 Å². The van der Waals surface area contributed by atoms with E-state index < -0.39 is 0 Å². The number of hydrogen-bond donors (Lipinski definition) is 2. The minimum absolute atomic E-state index is 0.198. The number of aryl methyl sites for hydroxylation is 1. The summed E-state index contributed by atoms with van der Waals surface area (Å²) in [7, 11) is 0. The molecule has 0 heterocycles. The number of anilines is 1. The lowest BCUT2D eigenvalue weighted by atomic mass is 10.2. The molecular formula is C17H28N2O3. The fourth-order valence-corrected chi connectivity index (χ4v) is 1.89. The number of benzene rings is 1. The highest BCUT2D eigenvalue weighted by molar-refractivity contribution is 5.90. The lowest BCUT2D eigenvalue weighted by molar-refractivity contribution is 0.108. The molecule has 2 N–H and O–H groups in total. The molecule has 1 aromatic rings. The van der Waals surface area contributed by atoms with Crippen molar-refractivity contribution in [2.45, 2.75) is 34.1 Å². The summed E-state index contributed by atoms with van der Waals surface area (Å²) in [6.07, 6.45) is 0.808. The number of hydrogen-bond acceptors (Lipinski definition) is 3. The Morgan fingerprint density at radius 1 is 1.32 bits per heavy atom. The second-order valence-corrected chi connectivity index (χ2v) is 5.61. The molecule has 5 nitrogen and oxygen atoms in total. The molecule has 5 heteroatoms. The van der Waals surface area contributed by atoms with Crippen LogP contribution in [0.2, 0.25) is 0 Å². The fraction of sp³-hybridized carbons (Fsp3) is 0.588. The zero-order valence-electron chi connectivity index (χ0n) is 14.1. The molecule has 0 saturated carbocycles. The highest BCUT2D eigenvalue weighted by atomic mass is 16.5. The third-order valence-electron chi connectivity index (χ3n) is 2.96. The summed E-state index contributed by atoms with van der Waals surface area (Å²) in [4.78, 5) is 11.8. The van der Waals surface area contributed by atoms with E-state index in [0.717, 1.165) is 30.0 Å². The lowest BCUT2D eigenvalue weighted by Gasteiger charge is -2.12. The van der Waals surface area contributed by atoms with Gasteiger partial charge in [0, 0.05) is 25.4 Å². The Hall–Kier alpha value is -1.75. The van der Waals surface area contributed by atoms with Crippen LogP contribution in [0.5, 0.6) is 5.75 Å². The molecule has 0 fully saturated rings. The van der Waals surface area contributed by atoms with Gasteiger partial charge in [-0.05, 0) is 49.9 Å². The van der Waals surface area contributed by atoms with Gasteiger partial charge < -0.3 is 20.1 Å². The summed E-state index contributed by atoms with van der Waals surface area (Å²) in [6, 6.07) is 5.42. The minimum atomic E-state index is -0.198. The third kappa shape index (κ3) is 7.31. The van der Waals surface area contributed by atoms with E-state index in [9.17, 15) is 4.79 Å². The van der Waals surface area contributed by atoms with Crippen LogP contribution >= 0.6 is 0 Å². The van der Waals surface area contributed by atoms with Gasteiger partial charge in [0.1, 0.15) is 5.75 Å². The smallest absolute Gasteiger partial charge is 0.319 e. The SMILES string of the molecule is CCOc1ccc(NC(=O)NCCCOCC(C)C)c(C)c1. The molecule has 124 valence electrons. The van der Waals surface area contributed by atoms with Crippen molar-refractivity contribution >= 4 is 11.7 Å². The van der Waals surface area contributed by atoms with Crippen LogP contribution in [0.3, 0.4) is 0 Å². The van der Waals surface area contributed by atoms with Crippen molar-refractivity contribution in [2.75, 3.05) is 31.7 Å². The predicted octanol–water partition coefficient (Wildman–Crippen LogP) is 3.58. The van der Waals surface area contributed by atoms with Crippen molar-refractivity contribution in [2.24, 2.45) is 5.92 Å². The van der Waals surface area contributed by atoms with Crippen molar-refractivity contribution in [3.05, 3.63) is 23.8 Å². The van der Waals surface area contributed by atoms with Gasteiger partial charge in [-0.1, -0.05) is 13.8 Å². The van der Waals surface area contributed by atoms with E-state index in [4.69, 9.17) is 9.47 Å². The minimum Gasteiger partial charge on any atom is -0.494 e. The Balaban J connectivity index is 2.27. The Morgan fingerprint density at radius 3 is 2.73 bits per heavy atom. The average molecular weight is 308 g/mol. The Morgan fingerprint density at radius 2 is 2.09 bits per heavy atom. The first-order chi connectivity index (χ1) is 10.5. The summed E-state index contributed by atoms with van der Waals surface area (Å²) >= 11 is 0. The van der Waals surface area contributed by atoms with E-state index in [1.807, 2.05) is 32.0 Å². The molecule has 0 aliphatic rings. The second kappa shape index (κ2) is 10.1. The Kier molecular flexibility index (Phi) is 8.36. The van der Waals surface area contributed by atoms with Gasteiger partial charge in [-0.25, -0.2) is 4.79 Å². The molecule has 0 unspecified atom stereocenters. The molecule has 0 radical (unpaired) electrons. The number of carbonyl (C=O) groups is 1. The highest BCUT2D eigenvalue weighted by Crippen LogP contribution is 2.21. The Labute approximate surface area is 133 Å². The molecule has 0 saturated heterocycles. The van der Waals surface area contributed by atoms with Gasteiger partial charge in [-0.15, -0.1) is 0 Å². The summed E-state index contributed by atoms with van der Waals surface area (Å²) in [5.74, 6) is 1.35. The van der Waals surface area contributed by atoms with Gasteiger partial charge in [0.05, 0.1) is 6.61 Å². The lowest BCUT2D eigenvalue weighted by Crippen LogP contribution is -2.30. The van der Waals surface area contributed by atoms with Crippen LogP contribution in [0.4, 0.5) is 10.5 Å². The highest BCUT2D eigenvalue weighted by Gasteiger charge is 2.05. The van der Waals surface area contributed by atoms with Crippen LogP contribution in [0.1, 0.15) is 32.8 Å². The van der Waals surface area contributed by atoms with Crippen LogP contribution in [-0.2, 0) is 4.74 Å². The van der Waals surface area contributed by atoms with Crippen molar-refractivity contribution in [1.29, 1.82) is 0 Å². The molecule has 22 heavy (non-hydrogen) atoms. The van der Waals surface area contributed by atoms with Crippen LogP contribution < -0.4 is 15.4 Å². The second-order valence-electron chi connectivity index (χ2n) is 5.61. The number of carbonyl (C=O) groups excluding carboxylic acids is 1. The predicted molar refractivity (Wildman–Crippen MR) is 89.6 cm³/mol. The summed E-state index contributed by atoms with van der Waals surface area (Å²) in [5.41, 5.74) is 1.76.